The molecule has 4 nitrogen and oxygen atoms in total. The Morgan fingerprint density at radius 3 is 2.59 bits per heavy atom. The first-order valence-electron chi connectivity index (χ1n) is 6.87. The molecular weight excluding hydrogens is 214 g/mol. The third kappa shape index (κ3) is 3.42. The summed E-state index contributed by atoms with van der Waals surface area (Å²) in [6, 6.07) is 0. The van der Waals surface area contributed by atoms with Gasteiger partial charge in [-0.1, -0.05) is 13.8 Å². The van der Waals surface area contributed by atoms with Gasteiger partial charge in [0.05, 0.1) is 6.54 Å². The van der Waals surface area contributed by atoms with E-state index in [9.17, 15) is 4.79 Å². The Hall–Kier alpha value is -0.610. The first-order chi connectivity index (χ1) is 8.16. The SMILES string of the molecule is CC(C)C1CCN(CC(=O)N2CCNCC2)C1. The molecule has 0 saturated carbocycles. The van der Waals surface area contributed by atoms with Crippen LogP contribution in [0.3, 0.4) is 0 Å². The van der Waals surface area contributed by atoms with Crippen molar-refractivity contribution in [3.63, 3.8) is 0 Å². The topological polar surface area (TPSA) is 35.6 Å². The van der Waals surface area contributed by atoms with E-state index in [1.165, 1.54) is 6.42 Å². The molecule has 1 N–H and O–H groups in total. The Kier molecular flexibility index (Phi) is 4.40. The van der Waals surface area contributed by atoms with Crippen molar-refractivity contribution in [2.75, 3.05) is 45.8 Å². The minimum atomic E-state index is 0.316. The van der Waals surface area contributed by atoms with E-state index in [-0.39, 0.29) is 0 Å². The minimum Gasteiger partial charge on any atom is -0.339 e. The molecule has 4 heteroatoms. The van der Waals surface area contributed by atoms with Gasteiger partial charge in [-0.15, -0.1) is 0 Å². The first kappa shape index (κ1) is 12.8. The van der Waals surface area contributed by atoms with Crippen molar-refractivity contribution in [1.82, 2.24) is 15.1 Å². The van der Waals surface area contributed by atoms with E-state index in [4.69, 9.17) is 0 Å². The second-order valence-corrected chi connectivity index (χ2v) is 5.66. The van der Waals surface area contributed by atoms with Crippen molar-refractivity contribution in [2.24, 2.45) is 11.8 Å². The normalized spacial score (nSPS) is 26.8. The van der Waals surface area contributed by atoms with Gasteiger partial charge in [0.15, 0.2) is 0 Å². The minimum absolute atomic E-state index is 0.316. The van der Waals surface area contributed by atoms with Crippen molar-refractivity contribution in [2.45, 2.75) is 20.3 Å². The smallest absolute Gasteiger partial charge is 0.236 e. The van der Waals surface area contributed by atoms with Gasteiger partial charge in [0.25, 0.3) is 0 Å². The van der Waals surface area contributed by atoms with Crippen LogP contribution in [0, 0.1) is 11.8 Å². The summed E-state index contributed by atoms with van der Waals surface area (Å²) in [4.78, 5) is 16.4. The van der Waals surface area contributed by atoms with Gasteiger partial charge in [-0.05, 0) is 24.8 Å². The predicted octanol–water partition coefficient (Wildman–Crippen LogP) is 0.396. The van der Waals surface area contributed by atoms with Crippen molar-refractivity contribution in [1.29, 1.82) is 0 Å². The number of carbonyl (C=O) groups is 1. The number of likely N-dealkylation sites (tertiary alicyclic amines) is 1. The highest BCUT2D eigenvalue weighted by Gasteiger charge is 2.27. The van der Waals surface area contributed by atoms with Crippen LogP contribution in [0.5, 0.6) is 0 Å². The van der Waals surface area contributed by atoms with Gasteiger partial charge in [-0.25, -0.2) is 0 Å². The lowest BCUT2D eigenvalue weighted by molar-refractivity contribution is -0.132. The number of amides is 1. The average molecular weight is 239 g/mol. The summed E-state index contributed by atoms with van der Waals surface area (Å²) in [5, 5.41) is 3.28. The maximum atomic E-state index is 12.1. The molecule has 0 bridgehead atoms. The standard InChI is InChI=1S/C13H25N3O/c1-11(2)12-3-6-15(9-12)10-13(17)16-7-4-14-5-8-16/h11-12,14H,3-10H2,1-2H3. The van der Waals surface area contributed by atoms with Crippen molar-refractivity contribution < 1.29 is 4.79 Å². The van der Waals surface area contributed by atoms with E-state index in [2.05, 4.69) is 24.1 Å². The number of nitrogens with zero attached hydrogens (tertiary/aromatic N) is 2. The molecular formula is C13H25N3O. The summed E-state index contributed by atoms with van der Waals surface area (Å²) < 4.78 is 0. The Morgan fingerprint density at radius 2 is 2.00 bits per heavy atom. The number of hydrogen-bond acceptors (Lipinski definition) is 3. The summed E-state index contributed by atoms with van der Waals surface area (Å²) in [7, 11) is 0. The van der Waals surface area contributed by atoms with Crippen LogP contribution < -0.4 is 5.32 Å². The van der Waals surface area contributed by atoms with Gasteiger partial charge in [-0.3, -0.25) is 9.69 Å². The molecule has 98 valence electrons. The summed E-state index contributed by atoms with van der Waals surface area (Å²) in [6.45, 7) is 11.0. The lowest BCUT2D eigenvalue weighted by Gasteiger charge is -2.29. The van der Waals surface area contributed by atoms with Crippen molar-refractivity contribution in [3.8, 4) is 0 Å². The van der Waals surface area contributed by atoms with E-state index in [0.29, 0.717) is 12.5 Å². The van der Waals surface area contributed by atoms with Gasteiger partial charge < -0.3 is 10.2 Å². The largest absolute Gasteiger partial charge is 0.339 e. The van der Waals surface area contributed by atoms with Gasteiger partial charge in [0.1, 0.15) is 0 Å². The lowest BCUT2D eigenvalue weighted by Crippen LogP contribution is -2.49. The predicted molar refractivity (Wildman–Crippen MR) is 68.8 cm³/mol. The number of carbonyl (C=O) groups excluding carboxylic acids is 1. The maximum Gasteiger partial charge on any atom is 0.236 e. The molecule has 1 unspecified atom stereocenters. The number of piperazine rings is 1. The van der Waals surface area contributed by atoms with Crippen LogP contribution in [-0.2, 0) is 4.79 Å². The Bertz CT molecular complexity index is 261. The fourth-order valence-corrected chi connectivity index (χ4v) is 2.76. The van der Waals surface area contributed by atoms with Crippen LogP contribution in [0.4, 0.5) is 0 Å². The molecule has 1 atom stereocenters. The van der Waals surface area contributed by atoms with Crippen LogP contribution in [0.25, 0.3) is 0 Å². The van der Waals surface area contributed by atoms with Gasteiger partial charge in [0.2, 0.25) is 5.91 Å². The average Bonchev–Trinajstić information content (AvgIpc) is 2.79. The highest BCUT2D eigenvalue weighted by atomic mass is 16.2. The number of rotatable bonds is 3. The molecule has 0 aromatic carbocycles. The van der Waals surface area contributed by atoms with E-state index in [1.807, 2.05) is 4.90 Å². The van der Waals surface area contributed by atoms with Crippen LogP contribution >= 0.6 is 0 Å². The van der Waals surface area contributed by atoms with Crippen molar-refractivity contribution >= 4 is 5.91 Å². The molecule has 2 aliphatic rings. The van der Waals surface area contributed by atoms with Crippen LogP contribution in [-0.4, -0.2) is 61.5 Å². The molecule has 2 saturated heterocycles. The zero-order chi connectivity index (χ0) is 12.3. The summed E-state index contributed by atoms with van der Waals surface area (Å²) in [5.74, 6) is 1.84. The number of nitrogens with one attached hydrogen (secondary N) is 1. The Labute approximate surface area is 104 Å². The molecule has 1 amide bonds. The molecule has 2 fully saturated rings. The second kappa shape index (κ2) is 5.83. The van der Waals surface area contributed by atoms with Gasteiger partial charge in [-0.2, -0.15) is 0 Å². The molecule has 0 aliphatic carbocycles. The summed E-state index contributed by atoms with van der Waals surface area (Å²) >= 11 is 0. The molecule has 0 radical (unpaired) electrons. The Morgan fingerprint density at radius 1 is 1.29 bits per heavy atom. The fraction of sp³-hybridized carbons (Fsp3) is 0.923. The van der Waals surface area contributed by atoms with Crippen LogP contribution in [0.1, 0.15) is 20.3 Å². The molecule has 0 aromatic rings. The second-order valence-electron chi connectivity index (χ2n) is 5.66. The molecule has 2 rings (SSSR count). The van der Waals surface area contributed by atoms with Crippen molar-refractivity contribution in [3.05, 3.63) is 0 Å². The number of hydrogen-bond donors (Lipinski definition) is 1. The quantitative estimate of drug-likeness (QED) is 0.774. The maximum absolute atomic E-state index is 12.1. The Balaban J connectivity index is 1.75. The molecule has 2 heterocycles. The third-order valence-electron chi connectivity index (χ3n) is 4.08. The first-order valence-corrected chi connectivity index (χ1v) is 6.87. The zero-order valence-corrected chi connectivity index (χ0v) is 11.1. The molecule has 0 spiro atoms. The zero-order valence-electron chi connectivity index (χ0n) is 11.1. The third-order valence-corrected chi connectivity index (χ3v) is 4.08. The van der Waals surface area contributed by atoms with Crippen LogP contribution in [0.2, 0.25) is 0 Å². The van der Waals surface area contributed by atoms with E-state index in [0.717, 1.165) is 51.1 Å². The summed E-state index contributed by atoms with van der Waals surface area (Å²) in [5.41, 5.74) is 0. The highest BCUT2D eigenvalue weighted by Crippen LogP contribution is 2.23. The fourth-order valence-electron chi connectivity index (χ4n) is 2.76. The molecule has 17 heavy (non-hydrogen) atoms. The lowest BCUT2D eigenvalue weighted by atomic mass is 9.95. The van der Waals surface area contributed by atoms with Gasteiger partial charge in [0, 0.05) is 32.7 Å². The van der Waals surface area contributed by atoms with E-state index < -0.39 is 0 Å². The van der Waals surface area contributed by atoms with Crippen LogP contribution in [0.15, 0.2) is 0 Å². The highest BCUT2D eigenvalue weighted by molar-refractivity contribution is 5.78. The monoisotopic (exact) mass is 239 g/mol. The molecule has 2 aliphatic heterocycles. The summed E-state index contributed by atoms with van der Waals surface area (Å²) in [6.07, 6.45) is 1.26. The van der Waals surface area contributed by atoms with E-state index >= 15 is 0 Å². The van der Waals surface area contributed by atoms with E-state index in [1.54, 1.807) is 0 Å². The van der Waals surface area contributed by atoms with Gasteiger partial charge >= 0.3 is 0 Å². The molecule has 0 aromatic heterocycles.